The van der Waals surface area contributed by atoms with Crippen molar-refractivity contribution in [3.8, 4) is 0 Å². The Labute approximate surface area is 91.4 Å². The van der Waals surface area contributed by atoms with Gasteiger partial charge in [-0.2, -0.15) is 12.8 Å². The van der Waals surface area contributed by atoms with Crippen LogP contribution in [-0.2, 0) is 19.1 Å². The highest BCUT2D eigenvalue weighted by Gasteiger charge is 2.23. The molecule has 1 aromatic rings. The van der Waals surface area contributed by atoms with E-state index in [2.05, 4.69) is 9.17 Å². The molecule has 1 aromatic heterocycles. The first-order valence-corrected chi connectivity index (χ1v) is 5.90. The highest BCUT2D eigenvalue weighted by Crippen LogP contribution is 2.18. The highest BCUT2D eigenvalue weighted by molar-refractivity contribution is 7.86. The van der Waals surface area contributed by atoms with Gasteiger partial charge in [-0.25, -0.2) is 4.98 Å². The number of primary amides is 1. The minimum absolute atomic E-state index is 0.0688. The molecule has 2 N–H and O–H groups in total. The lowest BCUT2D eigenvalue weighted by atomic mass is 10.1. The lowest BCUT2D eigenvalue weighted by molar-refractivity contribution is -0.124. The Bertz CT molecular complexity index is 485. The van der Waals surface area contributed by atoms with Crippen molar-refractivity contribution in [3.63, 3.8) is 0 Å². The summed E-state index contributed by atoms with van der Waals surface area (Å²) in [6.07, 6.45) is 0.263. The molecule has 1 heterocycles. The fraction of sp³-hybridized carbons (Fsp3) is 0.250. The highest BCUT2D eigenvalue weighted by atomic mass is 32.2. The van der Waals surface area contributed by atoms with Crippen LogP contribution in [0.4, 0.5) is 4.39 Å². The van der Waals surface area contributed by atoms with Crippen LogP contribution in [0.2, 0.25) is 0 Å². The number of rotatable bonds is 4. The molecule has 1 amide bonds. The Morgan fingerprint density at radius 3 is 2.56 bits per heavy atom. The van der Waals surface area contributed by atoms with Gasteiger partial charge in [-0.15, -0.1) is 0 Å². The number of carbonyl (C=O) groups is 1. The van der Waals surface area contributed by atoms with E-state index in [0.29, 0.717) is 0 Å². The largest absolute Gasteiger partial charge is 0.367 e. The minimum Gasteiger partial charge on any atom is -0.367 e. The van der Waals surface area contributed by atoms with E-state index in [1.807, 2.05) is 0 Å². The molecule has 0 radical (unpaired) electrons. The molecule has 0 spiro atoms. The van der Waals surface area contributed by atoms with Crippen LogP contribution in [0.25, 0.3) is 0 Å². The molecule has 1 atom stereocenters. The number of amides is 1. The molecule has 6 nitrogen and oxygen atoms in total. The van der Waals surface area contributed by atoms with Gasteiger partial charge in [0.15, 0.2) is 6.10 Å². The van der Waals surface area contributed by atoms with Crippen molar-refractivity contribution in [2.45, 2.75) is 6.10 Å². The zero-order valence-corrected chi connectivity index (χ0v) is 9.07. The van der Waals surface area contributed by atoms with Crippen LogP contribution < -0.4 is 5.73 Å². The smallest absolute Gasteiger partial charge is 0.265 e. The van der Waals surface area contributed by atoms with E-state index in [1.54, 1.807) is 0 Å². The topological polar surface area (TPSA) is 99.4 Å². The predicted molar refractivity (Wildman–Crippen MR) is 52.1 cm³/mol. The SMILES string of the molecule is CS(=O)(=O)OC(C(N)=O)c1ccc(F)nc1. The van der Waals surface area contributed by atoms with Crippen molar-refractivity contribution < 1.29 is 21.8 Å². The molecular formula is C8H9FN2O4S. The second kappa shape index (κ2) is 4.54. The average Bonchev–Trinajstić information content (AvgIpc) is 2.14. The maximum atomic E-state index is 12.5. The summed E-state index contributed by atoms with van der Waals surface area (Å²) in [5, 5.41) is 0. The number of aromatic nitrogens is 1. The van der Waals surface area contributed by atoms with E-state index in [0.717, 1.165) is 18.5 Å². The first-order valence-electron chi connectivity index (χ1n) is 4.08. The summed E-state index contributed by atoms with van der Waals surface area (Å²) in [5.41, 5.74) is 5.03. The van der Waals surface area contributed by atoms with Crippen molar-refractivity contribution in [2.75, 3.05) is 6.26 Å². The Morgan fingerprint density at radius 1 is 1.56 bits per heavy atom. The van der Waals surface area contributed by atoms with Gasteiger partial charge in [0.05, 0.1) is 6.26 Å². The molecule has 0 bridgehead atoms. The third kappa shape index (κ3) is 3.55. The summed E-state index contributed by atoms with van der Waals surface area (Å²) in [6, 6.07) is 2.14. The first-order chi connectivity index (χ1) is 7.29. The maximum absolute atomic E-state index is 12.5. The molecule has 8 heteroatoms. The Hall–Kier alpha value is -1.54. The van der Waals surface area contributed by atoms with Crippen LogP contribution in [-0.4, -0.2) is 25.6 Å². The van der Waals surface area contributed by atoms with E-state index < -0.39 is 28.1 Å². The molecule has 0 aliphatic rings. The summed E-state index contributed by atoms with van der Waals surface area (Å²) in [6.45, 7) is 0. The number of carbonyl (C=O) groups excluding carboxylic acids is 1. The van der Waals surface area contributed by atoms with Gasteiger partial charge in [-0.3, -0.25) is 8.98 Å². The van der Waals surface area contributed by atoms with Crippen LogP contribution in [0.3, 0.4) is 0 Å². The van der Waals surface area contributed by atoms with Crippen molar-refractivity contribution in [1.82, 2.24) is 4.98 Å². The summed E-state index contributed by atoms with van der Waals surface area (Å²) < 4.78 is 38.7. The number of halogens is 1. The van der Waals surface area contributed by atoms with Crippen LogP contribution in [0, 0.1) is 5.95 Å². The summed E-state index contributed by atoms with van der Waals surface area (Å²) in [5.74, 6) is -1.76. The molecule has 1 unspecified atom stereocenters. The predicted octanol–water partition coefficient (Wildman–Crippen LogP) is -0.277. The number of hydrogen-bond acceptors (Lipinski definition) is 5. The normalized spacial score (nSPS) is 13.4. The third-order valence-electron chi connectivity index (χ3n) is 1.58. The van der Waals surface area contributed by atoms with E-state index in [1.165, 1.54) is 6.07 Å². The lowest BCUT2D eigenvalue weighted by Gasteiger charge is -2.12. The standard InChI is InChI=1S/C8H9FN2O4S/c1-16(13,14)15-7(8(10)12)5-2-3-6(9)11-4-5/h2-4,7H,1H3,(H2,10,12). The fourth-order valence-corrected chi connectivity index (χ4v) is 1.54. The van der Waals surface area contributed by atoms with Gasteiger partial charge in [0.2, 0.25) is 5.95 Å². The van der Waals surface area contributed by atoms with Crippen LogP contribution in [0.1, 0.15) is 11.7 Å². The zero-order valence-electron chi connectivity index (χ0n) is 8.25. The van der Waals surface area contributed by atoms with Gasteiger partial charge in [-0.1, -0.05) is 0 Å². The second-order valence-electron chi connectivity index (χ2n) is 3.00. The fourth-order valence-electron chi connectivity index (χ4n) is 0.984. The van der Waals surface area contributed by atoms with E-state index >= 15 is 0 Å². The second-order valence-corrected chi connectivity index (χ2v) is 4.60. The molecule has 16 heavy (non-hydrogen) atoms. The third-order valence-corrected chi connectivity index (χ3v) is 2.12. The number of hydrogen-bond donors (Lipinski definition) is 1. The quantitative estimate of drug-likeness (QED) is 0.583. The van der Waals surface area contributed by atoms with Crippen molar-refractivity contribution >= 4 is 16.0 Å². The van der Waals surface area contributed by atoms with Gasteiger partial charge in [0, 0.05) is 11.8 Å². The molecule has 0 aliphatic carbocycles. The Balaban J connectivity index is 3.03. The monoisotopic (exact) mass is 248 g/mol. The Kier molecular flexibility index (Phi) is 3.55. The van der Waals surface area contributed by atoms with Gasteiger partial charge >= 0.3 is 0 Å². The van der Waals surface area contributed by atoms with Crippen LogP contribution in [0.5, 0.6) is 0 Å². The molecule has 0 saturated heterocycles. The molecular weight excluding hydrogens is 239 g/mol. The van der Waals surface area contributed by atoms with Gasteiger partial charge in [-0.05, 0) is 12.1 Å². The van der Waals surface area contributed by atoms with Gasteiger partial charge in [0.25, 0.3) is 16.0 Å². The summed E-state index contributed by atoms with van der Waals surface area (Å²) in [4.78, 5) is 14.2. The zero-order chi connectivity index (χ0) is 12.3. The van der Waals surface area contributed by atoms with Crippen LogP contribution in [0.15, 0.2) is 18.3 Å². The van der Waals surface area contributed by atoms with Crippen molar-refractivity contribution in [2.24, 2.45) is 5.73 Å². The molecule has 1 rings (SSSR count). The first kappa shape index (κ1) is 12.5. The van der Waals surface area contributed by atoms with E-state index in [4.69, 9.17) is 5.73 Å². The van der Waals surface area contributed by atoms with Crippen molar-refractivity contribution in [1.29, 1.82) is 0 Å². The average molecular weight is 248 g/mol. The molecule has 0 saturated carbocycles. The summed E-state index contributed by atoms with van der Waals surface area (Å²) >= 11 is 0. The van der Waals surface area contributed by atoms with Gasteiger partial charge < -0.3 is 5.73 Å². The molecule has 0 aliphatic heterocycles. The van der Waals surface area contributed by atoms with Crippen LogP contribution >= 0.6 is 0 Å². The maximum Gasteiger partial charge on any atom is 0.265 e. The van der Waals surface area contributed by atoms with E-state index in [-0.39, 0.29) is 5.56 Å². The summed E-state index contributed by atoms with van der Waals surface area (Å²) in [7, 11) is -3.85. The minimum atomic E-state index is -3.85. The lowest BCUT2D eigenvalue weighted by Crippen LogP contribution is -2.26. The Morgan fingerprint density at radius 2 is 2.19 bits per heavy atom. The number of pyridine rings is 1. The molecule has 0 fully saturated rings. The van der Waals surface area contributed by atoms with Crippen molar-refractivity contribution in [3.05, 3.63) is 29.8 Å². The number of nitrogens with two attached hydrogens (primary N) is 1. The number of nitrogens with zero attached hydrogens (tertiary/aromatic N) is 1. The van der Waals surface area contributed by atoms with E-state index in [9.17, 15) is 17.6 Å². The molecule has 0 aromatic carbocycles. The van der Waals surface area contributed by atoms with Gasteiger partial charge in [0.1, 0.15) is 0 Å². The molecule has 88 valence electrons.